The van der Waals surface area contributed by atoms with Crippen LogP contribution in [0.3, 0.4) is 0 Å². The van der Waals surface area contributed by atoms with E-state index < -0.39 is 4.92 Å². The zero-order valence-electron chi connectivity index (χ0n) is 6.60. The average molecular weight is 178 g/mol. The van der Waals surface area contributed by atoms with Gasteiger partial charge in [-0.3, -0.25) is 10.1 Å². The molecule has 5 heteroatoms. The van der Waals surface area contributed by atoms with Crippen molar-refractivity contribution in [2.75, 3.05) is 6.61 Å². The molecule has 13 heavy (non-hydrogen) atoms. The zero-order chi connectivity index (χ0) is 9.68. The highest BCUT2D eigenvalue weighted by atomic mass is 16.6. The molecule has 0 spiro atoms. The molecule has 0 aliphatic carbocycles. The van der Waals surface area contributed by atoms with Gasteiger partial charge in [0, 0.05) is 12.3 Å². The fourth-order valence-electron chi connectivity index (χ4n) is 0.731. The van der Waals surface area contributed by atoms with Gasteiger partial charge >= 0.3 is 0 Å². The van der Waals surface area contributed by atoms with Crippen LogP contribution in [0, 0.1) is 22.0 Å². The minimum absolute atomic E-state index is 0.0581. The molecule has 0 amide bonds. The van der Waals surface area contributed by atoms with Crippen LogP contribution < -0.4 is 0 Å². The lowest BCUT2D eigenvalue weighted by molar-refractivity contribution is -0.385. The Morgan fingerprint density at radius 1 is 1.69 bits per heavy atom. The average Bonchev–Trinajstić information content (AvgIpc) is 2.15. The molecule has 0 saturated heterocycles. The molecule has 5 nitrogen and oxygen atoms in total. The van der Waals surface area contributed by atoms with Crippen molar-refractivity contribution in [1.82, 2.24) is 4.98 Å². The fraction of sp³-hybridized carbons (Fsp3) is 0.125. The molecule has 1 aromatic heterocycles. The largest absolute Gasteiger partial charge is 0.384 e. The molecular weight excluding hydrogens is 172 g/mol. The van der Waals surface area contributed by atoms with Crippen molar-refractivity contribution in [2.24, 2.45) is 0 Å². The van der Waals surface area contributed by atoms with E-state index in [0.29, 0.717) is 0 Å². The van der Waals surface area contributed by atoms with Crippen LogP contribution in [-0.4, -0.2) is 21.6 Å². The van der Waals surface area contributed by atoms with Crippen LogP contribution in [0.25, 0.3) is 0 Å². The molecule has 0 aliphatic heterocycles. The second-order valence-electron chi connectivity index (χ2n) is 2.12. The third kappa shape index (κ3) is 2.54. The summed E-state index contributed by atoms with van der Waals surface area (Å²) in [6.45, 7) is -0.287. The highest BCUT2D eigenvalue weighted by Gasteiger charge is 2.04. The van der Waals surface area contributed by atoms with Crippen molar-refractivity contribution in [3.8, 4) is 11.8 Å². The van der Waals surface area contributed by atoms with E-state index in [1.807, 2.05) is 0 Å². The summed E-state index contributed by atoms with van der Waals surface area (Å²) in [5.41, 5.74) is 0.223. The lowest BCUT2D eigenvalue weighted by atomic mass is 10.3. The quantitative estimate of drug-likeness (QED) is 0.382. The molecule has 1 heterocycles. The van der Waals surface area contributed by atoms with Crippen LogP contribution in [0.5, 0.6) is 0 Å². The molecule has 1 N–H and O–H groups in total. The Labute approximate surface area is 74.2 Å². The van der Waals surface area contributed by atoms with E-state index in [-0.39, 0.29) is 18.0 Å². The number of rotatable bonds is 1. The summed E-state index contributed by atoms with van der Waals surface area (Å²) < 4.78 is 0. The van der Waals surface area contributed by atoms with Crippen molar-refractivity contribution < 1.29 is 10.0 Å². The van der Waals surface area contributed by atoms with Crippen LogP contribution in [0.4, 0.5) is 5.69 Å². The van der Waals surface area contributed by atoms with Gasteiger partial charge in [0.1, 0.15) is 12.3 Å². The first kappa shape index (κ1) is 9.16. The molecule has 0 aromatic carbocycles. The summed E-state index contributed by atoms with van der Waals surface area (Å²) in [6, 6.07) is 2.53. The molecule has 0 fully saturated rings. The molecule has 0 atom stereocenters. The zero-order valence-corrected chi connectivity index (χ0v) is 6.60. The molecule has 0 saturated carbocycles. The Kier molecular flexibility index (Phi) is 2.95. The fourth-order valence-corrected chi connectivity index (χ4v) is 0.731. The number of aliphatic hydroxyl groups is 1. The van der Waals surface area contributed by atoms with E-state index in [9.17, 15) is 10.1 Å². The first-order chi connectivity index (χ1) is 6.24. The Morgan fingerprint density at radius 3 is 3.08 bits per heavy atom. The van der Waals surface area contributed by atoms with Gasteiger partial charge in [-0.05, 0) is 5.92 Å². The van der Waals surface area contributed by atoms with Gasteiger partial charge in [-0.2, -0.15) is 0 Å². The highest BCUT2D eigenvalue weighted by Crippen LogP contribution is 2.09. The molecule has 0 aliphatic rings. The van der Waals surface area contributed by atoms with Crippen molar-refractivity contribution >= 4 is 5.69 Å². The number of nitrogens with zero attached hydrogens (tertiary/aromatic N) is 2. The van der Waals surface area contributed by atoms with Gasteiger partial charge in [-0.15, -0.1) is 0 Å². The number of aliphatic hydroxyl groups excluding tert-OH is 1. The summed E-state index contributed by atoms with van der Waals surface area (Å²) in [5, 5.41) is 18.7. The Hall–Kier alpha value is -1.93. The van der Waals surface area contributed by atoms with Crippen molar-refractivity contribution in [1.29, 1.82) is 0 Å². The maximum atomic E-state index is 10.3. The van der Waals surface area contributed by atoms with E-state index in [4.69, 9.17) is 5.11 Å². The van der Waals surface area contributed by atoms with E-state index in [1.54, 1.807) is 0 Å². The summed E-state index contributed by atoms with van der Waals surface area (Å²) in [4.78, 5) is 13.6. The lowest BCUT2D eigenvalue weighted by Gasteiger charge is -1.90. The number of pyridine rings is 1. The maximum absolute atomic E-state index is 10.3. The van der Waals surface area contributed by atoms with Gasteiger partial charge in [0.2, 0.25) is 0 Å². The predicted octanol–water partition coefficient (Wildman–Crippen LogP) is 0.334. The Morgan fingerprint density at radius 2 is 2.46 bits per heavy atom. The van der Waals surface area contributed by atoms with Crippen LogP contribution in [0.1, 0.15) is 5.69 Å². The molecule has 0 radical (unpaired) electrons. The van der Waals surface area contributed by atoms with Crippen molar-refractivity contribution in [3.05, 3.63) is 34.1 Å². The van der Waals surface area contributed by atoms with Crippen LogP contribution in [0.2, 0.25) is 0 Å². The first-order valence-corrected chi connectivity index (χ1v) is 3.44. The van der Waals surface area contributed by atoms with Gasteiger partial charge in [0.15, 0.2) is 0 Å². The van der Waals surface area contributed by atoms with Gasteiger partial charge in [0.25, 0.3) is 5.69 Å². The van der Waals surface area contributed by atoms with Crippen molar-refractivity contribution in [3.63, 3.8) is 0 Å². The third-order valence-corrected chi connectivity index (χ3v) is 1.25. The summed E-state index contributed by atoms with van der Waals surface area (Å²) in [5.74, 6) is 4.83. The van der Waals surface area contributed by atoms with E-state index in [0.717, 1.165) is 0 Å². The van der Waals surface area contributed by atoms with Gasteiger partial charge in [-0.25, -0.2) is 4.98 Å². The first-order valence-electron chi connectivity index (χ1n) is 3.44. The molecule has 1 rings (SSSR count). The molecule has 0 bridgehead atoms. The van der Waals surface area contributed by atoms with E-state index in [1.165, 1.54) is 18.3 Å². The Balaban J connectivity index is 2.98. The van der Waals surface area contributed by atoms with Crippen LogP contribution in [-0.2, 0) is 0 Å². The standard InChI is InChI=1S/C8H6N2O3/c11-5-1-2-7-6-8(10(12)13)3-4-9-7/h3-4,6,11H,5H2. The monoisotopic (exact) mass is 178 g/mol. The minimum Gasteiger partial charge on any atom is -0.384 e. The van der Waals surface area contributed by atoms with E-state index in [2.05, 4.69) is 16.8 Å². The van der Waals surface area contributed by atoms with Crippen LogP contribution in [0.15, 0.2) is 18.3 Å². The number of hydrogen-bond acceptors (Lipinski definition) is 4. The minimum atomic E-state index is -0.522. The second kappa shape index (κ2) is 4.18. The summed E-state index contributed by atoms with van der Waals surface area (Å²) in [7, 11) is 0. The summed E-state index contributed by atoms with van der Waals surface area (Å²) in [6.07, 6.45) is 1.31. The van der Waals surface area contributed by atoms with Crippen molar-refractivity contribution in [2.45, 2.75) is 0 Å². The molecular formula is C8H6N2O3. The van der Waals surface area contributed by atoms with Crippen LogP contribution >= 0.6 is 0 Å². The predicted molar refractivity (Wildman–Crippen MR) is 44.9 cm³/mol. The second-order valence-corrected chi connectivity index (χ2v) is 2.12. The van der Waals surface area contributed by atoms with Gasteiger partial charge < -0.3 is 5.11 Å². The summed E-state index contributed by atoms with van der Waals surface area (Å²) >= 11 is 0. The maximum Gasteiger partial charge on any atom is 0.273 e. The van der Waals surface area contributed by atoms with Gasteiger partial charge in [-0.1, -0.05) is 5.92 Å². The molecule has 66 valence electrons. The molecule has 1 aromatic rings. The highest BCUT2D eigenvalue weighted by molar-refractivity contribution is 5.37. The third-order valence-electron chi connectivity index (χ3n) is 1.25. The number of hydrogen-bond donors (Lipinski definition) is 1. The van der Waals surface area contributed by atoms with Gasteiger partial charge in [0.05, 0.1) is 11.0 Å². The number of aromatic nitrogens is 1. The smallest absolute Gasteiger partial charge is 0.273 e. The lowest BCUT2D eigenvalue weighted by Crippen LogP contribution is -1.90. The SMILES string of the molecule is O=[N+]([O-])c1ccnc(C#CCO)c1. The normalized spacial score (nSPS) is 8.69. The van der Waals surface area contributed by atoms with E-state index >= 15 is 0 Å². The molecule has 0 unspecified atom stereocenters. The topological polar surface area (TPSA) is 76.3 Å². The number of nitro groups is 1. The Bertz CT molecular complexity index is 378.